The van der Waals surface area contributed by atoms with Gasteiger partial charge in [0.15, 0.2) is 11.6 Å². The van der Waals surface area contributed by atoms with E-state index in [2.05, 4.69) is 0 Å². The molecule has 0 saturated heterocycles. The summed E-state index contributed by atoms with van der Waals surface area (Å²) in [5.41, 5.74) is 2.22. The summed E-state index contributed by atoms with van der Waals surface area (Å²) >= 11 is 0. The highest BCUT2D eigenvalue weighted by atomic mass is 16.1. The number of ketones is 2. The maximum absolute atomic E-state index is 12.2. The van der Waals surface area contributed by atoms with Gasteiger partial charge in [0.1, 0.15) is 0 Å². The van der Waals surface area contributed by atoms with Crippen LogP contribution in [0.25, 0.3) is 6.08 Å². The number of hydrogen-bond acceptors (Lipinski definition) is 2. The van der Waals surface area contributed by atoms with Gasteiger partial charge in [-0.3, -0.25) is 9.59 Å². The van der Waals surface area contributed by atoms with E-state index in [9.17, 15) is 9.59 Å². The summed E-state index contributed by atoms with van der Waals surface area (Å²) in [7, 11) is 0. The van der Waals surface area contributed by atoms with E-state index in [-0.39, 0.29) is 11.6 Å². The summed E-state index contributed by atoms with van der Waals surface area (Å²) in [6.07, 6.45) is 3.24. The largest absolute Gasteiger partial charge is 0.295 e. The van der Waals surface area contributed by atoms with Crippen LogP contribution in [-0.2, 0) is 4.79 Å². The van der Waals surface area contributed by atoms with Crippen LogP contribution < -0.4 is 0 Å². The first kappa shape index (κ1) is 13.0. The Balaban J connectivity index is 2.19. The Morgan fingerprint density at radius 2 is 1.42 bits per heavy atom. The van der Waals surface area contributed by atoms with E-state index < -0.39 is 0 Å². The third kappa shape index (κ3) is 3.49. The molecule has 0 N–H and O–H groups in total. The van der Waals surface area contributed by atoms with Crippen molar-refractivity contribution in [2.24, 2.45) is 0 Å². The van der Waals surface area contributed by atoms with Crippen LogP contribution >= 0.6 is 0 Å². The number of benzene rings is 2. The van der Waals surface area contributed by atoms with Gasteiger partial charge in [0.25, 0.3) is 0 Å². The molecule has 0 bridgehead atoms. The summed E-state index contributed by atoms with van der Waals surface area (Å²) in [6, 6.07) is 16.4. The minimum absolute atomic E-state index is 0.00250. The lowest BCUT2D eigenvalue weighted by Crippen LogP contribution is -2.00. The highest BCUT2D eigenvalue weighted by Crippen LogP contribution is 2.11. The second-order valence-corrected chi connectivity index (χ2v) is 4.26. The normalized spacial score (nSPS) is 10.6. The molecule has 0 radical (unpaired) electrons. The van der Waals surface area contributed by atoms with Crippen molar-refractivity contribution >= 4 is 17.6 Å². The van der Waals surface area contributed by atoms with Gasteiger partial charge >= 0.3 is 0 Å². The first-order valence-corrected chi connectivity index (χ1v) is 6.05. The highest BCUT2D eigenvalue weighted by Gasteiger charge is 2.07. The Morgan fingerprint density at radius 1 is 0.842 bits per heavy atom. The monoisotopic (exact) mass is 250 g/mol. The molecule has 2 heteroatoms. The van der Waals surface area contributed by atoms with Gasteiger partial charge in [-0.1, -0.05) is 60.7 Å². The van der Waals surface area contributed by atoms with E-state index >= 15 is 0 Å². The van der Waals surface area contributed by atoms with E-state index in [1.54, 1.807) is 30.3 Å². The quantitative estimate of drug-likeness (QED) is 0.614. The molecule has 0 aliphatic heterocycles. The van der Waals surface area contributed by atoms with E-state index in [4.69, 9.17) is 0 Å². The molecule has 0 atom stereocenters. The van der Waals surface area contributed by atoms with Gasteiger partial charge in [0.2, 0.25) is 0 Å². The average Bonchev–Trinajstić information content (AvgIpc) is 2.46. The Bertz CT molecular complexity index is 607. The third-order valence-electron chi connectivity index (χ3n) is 2.72. The maximum atomic E-state index is 12.2. The van der Waals surface area contributed by atoms with E-state index in [1.165, 1.54) is 13.0 Å². The van der Waals surface area contributed by atoms with Crippen molar-refractivity contribution in [2.75, 3.05) is 0 Å². The number of allylic oxidation sites excluding steroid dienone is 1. The molecular weight excluding hydrogens is 236 g/mol. The molecule has 2 rings (SSSR count). The molecule has 0 unspecified atom stereocenters. The van der Waals surface area contributed by atoms with E-state index in [0.29, 0.717) is 11.1 Å². The summed E-state index contributed by atoms with van der Waals surface area (Å²) in [5.74, 6) is 0.00661. The van der Waals surface area contributed by atoms with Crippen LogP contribution in [0.1, 0.15) is 28.4 Å². The predicted octanol–water partition coefficient (Wildman–Crippen LogP) is 3.52. The van der Waals surface area contributed by atoms with Crippen LogP contribution in [0, 0.1) is 0 Å². The van der Waals surface area contributed by atoms with Crippen LogP contribution in [0.5, 0.6) is 0 Å². The average molecular weight is 250 g/mol. The zero-order valence-corrected chi connectivity index (χ0v) is 10.7. The zero-order chi connectivity index (χ0) is 13.7. The van der Waals surface area contributed by atoms with E-state index in [1.807, 2.05) is 30.3 Å². The number of rotatable bonds is 4. The number of hydrogen-bond donors (Lipinski definition) is 0. The minimum Gasteiger partial charge on any atom is -0.295 e. The van der Waals surface area contributed by atoms with Gasteiger partial charge in [-0.05, 0) is 18.6 Å². The molecule has 19 heavy (non-hydrogen) atoms. The van der Waals surface area contributed by atoms with Gasteiger partial charge in [0, 0.05) is 11.1 Å². The van der Waals surface area contributed by atoms with Crippen LogP contribution in [0.4, 0.5) is 0 Å². The van der Waals surface area contributed by atoms with Crippen molar-refractivity contribution in [3.05, 3.63) is 77.4 Å². The fourth-order valence-electron chi connectivity index (χ4n) is 1.72. The van der Waals surface area contributed by atoms with Crippen LogP contribution in [-0.4, -0.2) is 11.6 Å². The Kier molecular flexibility index (Phi) is 4.04. The third-order valence-corrected chi connectivity index (χ3v) is 2.72. The SMILES string of the molecule is CC(=O)C=Cc1ccc(C(=O)c2ccccc2)cc1. The molecule has 0 heterocycles. The summed E-state index contributed by atoms with van der Waals surface area (Å²) in [5, 5.41) is 0. The minimum atomic E-state index is 0.00250. The van der Waals surface area contributed by atoms with Crippen molar-refractivity contribution in [1.29, 1.82) is 0 Å². The molecule has 2 aromatic rings. The Hall–Kier alpha value is -2.48. The predicted molar refractivity (Wildman–Crippen MR) is 76.0 cm³/mol. The van der Waals surface area contributed by atoms with Gasteiger partial charge in [-0.15, -0.1) is 0 Å². The second-order valence-electron chi connectivity index (χ2n) is 4.26. The highest BCUT2D eigenvalue weighted by molar-refractivity contribution is 6.09. The summed E-state index contributed by atoms with van der Waals surface area (Å²) in [4.78, 5) is 23.0. The molecule has 0 aromatic heterocycles. The molecule has 0 spiro atoms. The smallest absolute Gasteiger partial charge is 0.193 e. The molecule has 0 saturated carbocycles. The van der Waals surface area contributed by atoms with Crippen molar-refractivity contribution in [2.45, 2.75) is 6.92 Å². The van der Waals surface area contributed by atoms with Crippen LogP contribution in [0.15, 0.2) is 60.7 Å². The molecule has 94 valence electrons. The van der Waals surface area contributed by atoms with Gasteiger partial charge in [-0.25, -0.2) is 0 Å². The number of carbonyl (C=O) groups excluding carboxylic acids is 2. The van der Waals surface area contributed by atoms with Crippen molar-refractivity contribution in [1.82, 2.24) is 0 Å². The van der Waals surface area contributed by atoms with Gasteiger partial charge in [0.05, 0.1) is 0 Å². The lowest BCUT2D eigenvalue weighted by Gasteiger charge is -2.01. The van der Waals surface area contributed by atoms with Crippen LogP contribution in [0.3, 0.4) is 0 Å². The molecule has 0 aliphatic rings. The fourth-order valence-corrected chi connectivity index (χ4v) is 1.72. The Morgan fingerprint density at radius 3 is 2.00 bits per heavy atom. The van der Waals surface area contributed by atoms with Crippen molar-refractivity contribution < 1.29 is 9.59 Å². The first-order chi connectivity index (χ1) is 9.16. The molecule has 0 amide bonds. The van der Waals surface area contributed by atoms with E-state index in [0.717, 1.165) is 5.56 Å². The van der Waals surface area contributed by atoms with Crippen molar-refractivity contribution in [3.63, 3.8) is 0 Å². The molecule has 0 aliphatic carbocycles. The fraction of sp³-hybridized carbons (Fsp3) is 0.0588. The maximum Gasteiger partial charge on any atom is 0.193 e. The van der Waals surface area contributed by atoms with Gasteiger partial charge < -0.3 is 0 Å². The summed E-state index contributed by atoms with van der Waals surface area (Å²) in [6.45, 7) is 1.50. The van der Waals surface area contributed by atoms with Gasteiger partial charge in [-0.2, -0.15) is 0 Å². The van der Waals surface area contributed by atoms with Crippen LogP contribution in [0.2, 0.25) is 0 Å². The molecular formula is C17H14O2. The lowest BCUT2D eigenvalue weighted by molar-refractivity contribution is -0.112. The molecule has 0 fully saturated rings. The lowest BCUT2D eigenvalue weighted by atomic mass is 10.0. The topological polar surface area (TPSA) is 34.1 Å². The molecule has 2 nitrogen and oxygen atoms in total. The standard InChI is InChI=1S/C17H14O2/c1-13(18)7-8-14-9-11-16(12-10-14)17(19)15-5-3-2-4-6-15/h2-12H,1H3. The molecule has 2 aromatic carbocycles. The second kappa shape index (κ2) is 5.91. The summed E-state index contributed by atoms with van der Waals surface area (Å²) < 4.78 is 0. The first-order valence-electron chi connectivity index (χ1n) is 6.05. The zero-order valence-electron chi connectivity index (χ0n) is 10.7. The number of carbonyl (C=O) groups is 2. The Labute approximate surface area is 112 Å². The van der Waals surface area contributed by atoms with Crippen molar-refractivity contribution in [3.8, 4) is 0 Å².